The Kier molecular flexibility index (Phi) is 4.08. The molecule has 0 amide bonds. The lowest BCUT2D eigenvalue weighted by Gasteiger charge is -2.07. The van der Waals surface area contributed by atoms with Gasteiger partial charge < -0.3 is 9.14 Å². The number of aromatic nitrogens is 2. The fourth-order valence-corrected chi connectivity index (χ4v) is 2.84. The van der Waals surface area contributed by atoms with E-state index in [1.165, 1.54) is 5.56 Å². The van der Waals surface area contributed by atoms with Crippen LogP contribution in [0.5, 0.6) is 5.75 Å². The highest BCUT2D eigenvalue weighted by atomic mass is 79.9. The van der Waals surface area contributed by atoms with Gasteiger partial charge in [0, 0.05) is 17.7 Å². The van der Waals surface area contributed by atoms with Crippen LogP contribution in [0, 0.1) is 0 Å². The molecule has 0 atom stereocenters. The normalized spacial score (nSPS) is 10.9. The van der Waals surface area contributed by atoms with Crippen LogP contribution in [0.25, 0.3) is 5.65 Å². The number of nitrogens with zero attached hydrogens (tertiary/aromatic N) is 2. The van der Waals surface area contributed by atoms with Crippen LogP contribution in [0.1, 0.15) is 11.3 Å². The molecule has 0 unspecified atom stereocenters. The molecule has 20 heavy (non-hydrogen) atoms. The standard InChI is InChI=1S/C15H12Br2N2O/c16-8-11-4-5-14(13(17)7-11)20-10-12-9-19-6-2-1-3-15(19)18-12/h1-7,9H,8,10H2. The molecule has 2 aromatic heterocycles. The van der Waals surface area contributed by atoms with E-state index in [0.29, 0.717) is 6.61 Å². The summed E-state index contributed by atoms with van der Waals surface area (Å²) in [6.07, 6.45) is 3.96. The second-order valence-electron chi connectivity index (χ2n) is 4.39. The van der Waals surface area contributed by atoms with Crippen LogP contribution >= 0.6 is 31.9 Å². The minimum absolute atomic E-state index is 0.452. The molecule has 0 aliphatic rings. The van der Waals surface area contributed by atoms with Gasteiger partial charge in [-0.05, 0) is 45.8 Å². The lowest BCUT2D eigenvalue weighted by atomic mass is 10.2. The number of fused-ring (bicyclic) bond motifs is 1. The van der Waals surface area contributed by atoms with Crippen molar-refractivity contribution in [3.8, 4) is 5.75 Å². The number of ether oxygens (including phenoxy) is 1. The highest BCUT2D eigenvalue weighted by molar-refractivity contribution is 9.10. The maximum atomic E-state index is 5.81. The van der Waals surface area contributed by atoms with Gasteiger partial charge in [0.15, 0.2) is 0 Å². The number of rotatable bonds is 4. The number of pyridine rings is 1. The molecule has 0 N–H and O–H groups in total. The molecule has 2 heterocycles. The van der Waals surface area contributed by atoms with Crippen molar-refractivity contribution in [2.24, 2.45) is 0 Å². The fraction of sp³-hybridized carbons (Fsp3) is 0.133. The predicted octanol–water partition coefficient (Wildman–Crippen LogP) is 4.57. The quantitative estimate of drug-likeness (QED) is 0.605. The lowest BCUT2D eigenvalue weighted by Crippen LogP contribution is -1.96. The van der Waals surface area contributed by atoms with Crippen molar-refractivity contribution in [1.82, 2.24) is 9.38 Å². The summed E-state index contributed by atoms with van der Waals surface area (Å²) in [6.45, 7) is 0.452. The first-order chi connectivity index (χ1) is 9.76. The van der Waals surface area contributed by atoms with Crippen molar-refractivity contribution in [2.45, 2.75) is 11.9 Å². The van der Waals surface area contributed by atoms with Crippen LogP contribution in [0.4, 0.5) is 0 Å². The van der Waals surface area contributed by atoms with Crippen LogP contribution in [0.2, 0.25) is 0 Å². The zero-order valence-electron chi connectivity index (χ0n) is 10.6. The van der Waals surface area contributed by atoms with Gasteiger partial charge in [-0.15, -0.1) is 0 Å². The summed E-state index contributed by atoms with van der Waals surface area (Å²) < 4.78 is 8.76. The molecule has 0 saturated carbocycles. The number of halogens is 2. The van der Waals surface area contributed by atoms with E-state index in [2.05, 4.69) is 36.8 Å². The van der Waals surface area contributed by atoms with Crippen molar-refractivity contribution in [2.75, 3.05) is 0 Å². The molecular weight excluding hydrogens is 384 g/mol. The van der Waals surface area contributed by atoms with Crippen LogP contribution in [-0.4, -0.2) is 9.38 Å². The van der Waals surface area contributed by atoms with Crippen LogP contribution in [-0.2, 0) is 11.9 Å². The molecular formula is C15H12Br2N2O. The molecule has 0 spiro atoms. The summed E-state index contributed by atoms with van der Waals surface area (Å²) in [6, 6.07) is 12.0. The van der Waals surface area contributed by atoms with E-state index in [9.17, 15) is 0 Å². The molecule has 5 heteroatoms. The Morgan fingerprint density at radius 2 is 2.10 bits per heavy atom. The molecule has 0 fully saturated rings. The van der Waals surface area contributed by atoms with Crippen molar-refractivity contribution in [3.63, 3.8) is 0 Å². The first-order valence-electron chi connectivity index (χ1n) is 6.16. The van der Waals surface area contributed by atoms with Gasteiger partial charge in [0.25, 0.3) is 0 Å². The third kappa shape index (κ3) is 2.88. The Balaban J connectivity index is 1.75. The van der Waals surface area contributed by atoms with Gasteiger partial charge in [-0.3, -0.25) is 0 Å². The van der Waals surface area contributed by atoms with E-state index in [1.54, 1.807) is 0 Å². The summed E-state index contributed by atoms with van der Waals surface area (Å²) in [5.74, 6) is 0.826. The molecule has 0 radical (unpaired) electrons. The number of hydrogen-bond donors (Lipinski definition) is 0. The van der Waals surface area contributed by atoms with E-state index in [4.69, 9.17) is 4.74 Å². The SMILES string of the molecule is BrCc1ccc(OCc2cn3ccccc3n2)c(Br)c1. The Bertz CT molecular complexity index is 707. The number of hydrogen-bond acceptors (Lipinski definition) is 2. The zero-order chi connectivity index (χ0) is 13.9. The summed E-state index contributed by atoms with van der Waals surface area (Å²) in [4.78, 5) is 4.51. The molecule has 3 rings (SSSR count). The molecule has 3 nitrogen and oxygen atoms in total. The van der Waals surface area contributed by atoms with Crippen molar-refractivity contribution in [3.05, 3.63) is 64.5 Å². The van der Waals surface area contributed by atoms with E-state index in [-0.39, 0.29) is 0 Å². The second-order valence-corrected chi connectivity index (χ2v) is 5.80. The highest BCUT2D eigenvalue weighted by Gasteiger charge is 2.05. The van der Waals surface area contributed by atoms with Gasteiger partial charge in [-0.25, -0.2) is 4.98 Å². The first-order valence-corrected chi connectivity index (χ1v) is 8.07. The fourth-order valence-electron chi connectivity index (χ4n) is 1.95. The van der Waals surface area contributed by atoms with Crippen LogP contribution in [0.3, 0.4) is 0 Å². The molecule has 3 aromatic rings. The molecule has 0 aliphatic carbocycles. The average Bonchev–Trinajstić information content (AvgIpc) is 2.88. The lowest BCUT2D eigenvalue weighted by molar-refractivity contribution is 0.300. The third-order valence-corrected chi connectivity index (χ3v) is 4.21. The monoisotopic (exact) mass is 394 g/mol. The van der Waals surface area contributed by atoms with Crippen molar-refractivity contribution >= 4 is 37.5 Å². The first kappa shape index (κ1) is 13.6. The minimum atomic E-state index is 0.452. The van der Waals surface area contributed by atoms with Gasteiger partial charge in [0.05, 0.1) is 10.2 Å². The Morgan fingerprint density at radius 1 is 1.20 bits per heavy atom. The summed E-state index contributed by atoms with van der Waals surface area (Å²) in [7, 11) is 0. The number of alkyl halides is 1. The van der Waals surface area contributed by atoms with E-state index < -0.39 is 0 Å². The summed E-state index contributed by atoms with van der Waals surface area (Å²) in [5, 5.41) is 0.832. The number of benzene rings is 1. The number of imidazole rings is 1. The third-order valence-electron chi connectivity index (χ3n) is 2.94. The Labute approximate surface area is 133 Å². The largest absolute Gasteiger partial charge is 0.486 e. The summed E-state index contributed by atoms with van der Waals surface area (Å²) in [5.41, 5.74) is 3.05. The Hall–Kier alpha value is -1.33. The van der Waals surface area contributed by atoms with Gasteiger partial charge >= 0.3 is 0 Å². The van der Waals surface area contributed by atoms with E-state index in [1.807, 2.05) is 53.2 Å². The Morgan fingerprint density at radius 3 is 2.85 bits per heavy atom. The van der Waals surface area contributed by atoms with Gasteiger partial charge in [-0.1, -0.05) is 28.1 Å². The highest BCUT2D eigenvalue weighted by Crippen LogP contribution is 2.27. The van der Waals surface area contributed by atoms with Gasteiger partial charge in [0.1, 0.15) is 18.0 Å². The topological polar surface area (TPSA) is 26.5 Å². The van der Waals surface area contributed by atoms with Crippen LogP contribution in [0.15, 0.2) is 53.3 Å². The van der Waals surface area contributed by atoms with Crippen molar-refractivity contribution in [1.29, 1.82) is 0 Å². The maximum absolute atomic E-state index is 5.81. The van der Waals surface area contributed by atoms with E-state index >= 15 is 0 Å². The zero-order valence-corrected chi connectivity index (χ0v) is 13.8. The maximum Gasteiger partial charge on any atom is 0.137 e. The molecule has 1 aromatic carbocycles. The average molecular weight is 396 g/mol. The van der Waals surface area contributed by atoms with Crippen LogP contribution < -0.4 is 4.74 Å². The second kappa shape index (κ2) is 5.97. The predicted molar refractivity (Wildman–Crippen MR) is 86.3 cm³/mol. The van der Waals surface area contributed by atoms with Gasteiger partial charge in [0.2, 0.25) is 0 Å². The summed E-state index contributed by atoms with van der Waals surface area (Å²) >= 11 is 6.96. The van der Waals surface area contributed by atoms with Gasteiger partial charge in [-0.2, -0.15) is 0 Å². The molecule has 0 bridgehead atoms. The molecule has 0 saturated heterocycles. The molecule has 102 valence electrons. The minimum Gasteiger partial charge on any atom is -0.486 e. The smallest absolute Gasteiger partial charge is 0.137 e. The van der Waals surface area contributed by atoms with E-state index in [0.717, 1.165) is 26.9 Å². The molecule has 0 aliphatic heterocycles. The van der Waals surface area contributed by atoms with Crippen molar-refractivity contribution < 1.29 is 4.74 Å².